The summed E-state index contributed by atoms with van der Waals surface area (Å²) < 4.78 is 0. The third-order valence-electron chi connectivity index (χ3n) is 2.86. The molecule has 110 valence electrons. The van der Waals surface area contributed by atoms with Crippen LogP contribution < -0.4 is 10.6 Å². The van der Waals surface area contributed by atoms with E-state index < -0.39 is 0 Å². The van der Waals surface area contributed by atoms with Gasteiger partial charge in [-0.2, -0.15) is 0 Å². The van der Waals surface area contributed by atoms with E-state index in [1.54, 1.807) is 0 Å². The van der Waals surface area contributed by atoms with Crippen molar-refractivity contribution in [1.29, 1.82) is 0 Å². The van der Waals surface area contributed by atoms with Crippen molar-refractivity contribution < 1.29 is 9.59 Å². The molecule has 0 radical (unpaired) electrons. The van der Waals surface area contributed by atoms with E-state index in [0.29, 0.717) is 6.54 Å². The highest BCUT2D eigenvalue weighted by Gasteiger charge is 2.11. The van der Waals surface area contributed by atoms with Crippen LogP contribution in [0.1, 0.15) is 32.8 Å². The first-order valence-corrected chi connectivity index (χ1v) is 7.67. The van der Waals surface area contributed by atoms with Gasteiger partial charge in [0, 0.05) is 18.2 Å². The third kappa shape index (κ3) is 5.33. The maximum absolute atomic E-state index is 11.6. The van der Waals surface area contributed by atoms with Crippen molar-refractivity contribution in [2.45, 2.75) is 38.6 Å². The second kappa shape index (κ2) is 8.04. The highest BCUT2D eigenvalue weighted by Crippen LogP contribution is 2.11. The van der Waals surface area contributed by atoms with E-state index in [4.69, 9.17) is 0 Å². The molecule has 0 heterocycles. The number of amides is 2. The minimum Gasteiger partial charge on any atom is -0.351 e. The Labute approximate surface area is 128 Å². The second-order valence-electron chi connectivity index (χ2n) is 4.93. The number of alkyl halides is 1. The van der Waals surface area contributed by atoms with Gasteiger partial charge in [0.15, 0.2) is 0 Å². The lowest BCUT2D eigenvalue weighted by atomic mass is 10.1. The molecular weight excluding hydrogens is 320 g/mol. The van der Waals surface area contributed by atoms with Crippen LogP contribution in [0, 0.1) is 5.92 Å². The van der Waals surface area contributed by atoms with E-state index in [0.717, 1.165) is 17.7 Å². The standard InChI is InChI=1S/C15H21BrN2O2/c1-4-13(16)15(20)17-9-11-5-7-12(8-6-11)18-14(19)10(2)3/h5-8,10,13H,4,9H2,1-3H3,(H,17,20)(H,18,19). The van der Waals surface area contributed by atoms with Crippen molar-refractivity contribution in [3.63, 3.8) is 0 Å². The second-order valence-corrected chi connectivity index (χ2v) is 6.04. The zero-order valence-corrected chi connectivity index (χ0v) is 13.7. The molecule has 0 spiro atoms. The molecule has 0 saturated carbocycles. The molecule has 2 N–H and O–H groups in total. The summed E-state index contributed by atoms with van der Waals surface area (Å²) in [4.78, 5) is 23.0. The minimum absolute atomic E-state index is 0.00358. The van der Waals surface area contributed by atoms with Crippen molar-refractivity contribution in [1.82, 2.24) is 5.32 Å². The van der Waals surface area contributed by atoms with Crippen molar-refractivity contribution in [3.8, 4) is 0 Å². The largest absolute Gasteiger partial charge is 0.351 e. The van der Waals surface area contributed by atoms with E-state index in [1.807, 2.05) is 45.0 Å². The lowest BCUT2D eigenvalue weighted by Gasteiger charge is -2.10. The van der Waals surface area contributed by atoms with Crippen molar-refractivity contribution in [2.24, 2.45) is 5.92 Å². The van der Waals surface area contributed by atoms with Gasteiger partial charge in [-0.05, 0) is 24.1 Å². The van der Waals surface area contributed by atoms with Crippen LogP contribution in [0.4, 0.5) is 5.69 Å². The third-order valence-corrected chi connectivity index (χ3v) is 3.92. The monoisotopic (exact) mass is 340 g/mol. The van der Waals surface area contributed by atoms with E-state index in [-0.39, 0.29) is 22.6 Å². The molecule has 5 heteroatoms. The Morgan fingerprint density at radius 3 is 2.25 bits per heavy atom. The predicted octanol–water partition coefficient (Wildman–Crippen LogP) is 3.07. The van der Waals surface area contributed by atoms with Crippen molar-refractivity contribution in [3.05, 3.63) is 29.8 Å². The van der Waals surface area contributed by atoms with Crippen molar-refractivity contribution in [2.75, 3.05) is 5.32 Å². The summed E-state index contributed by atoms with van der Waals surface area (Å²) in [5, 5.41) is 5.68. The average molecular weight is 341 g/mol. The van der Waals surface area contributed by atoms with Crippen LogP contribution in [0.15, 0.2) is 24.3 Å². The minimum atomic E-state index is -0.146. The Balaban J connectivity index is 2.51. The van der Waals surface area contributed by atoms with E-state index >= 15 is 0 Å². The first kappa shape index (κ1) is 16.7. The fraction of sp³-hybridized carbons (Fsp3) is 0.467. The molecule has 4 nitrogen and oxygen atoms in total. The Morgan fingerprint density at radius 2 is 1.75 bits per heavy atom. The van der Waals surface area contributed by atoms with Gasteiger partial charge in [0.25, 0.3) is 0 Å². The summed E-state index contributed by atoms with van der Waals surface area (Å²) in [5.74, 6) is -0.0558. The van der Waals surface area contributed by atoms with Gasteiger partial charge in [-0.3, -0.25) is 9.59 Å². The van der Waals surface area contributed by atoms with E-state index in [9.17, 15) is 9.59 Å². The number of nitrogens with one attached hydrogen (secondary N) is 2. The zero-order valence-electron chi connectivity index (χ0n) is 12.1. The van der Waals surface area contributed by atoms with Gasteiger partial charge in [0.2, 0.25) is 11.8 Å². The van der Waals surface area contributed by atoms with Crippen LogP contribution in [0.25, 0.3) is 0 Å². The lowest BCUT2D eigenvalue weighted by Crippen LogP contribution is -2.30. The molecule has 0 aliphatic carbocycles. The highest BCUT2D eigenvalue weighted by molar-refractivity contribution is 9.10. The summed E-state index contributed by atoms with van der Waals surface area (Å²) in [6, 6.07) is 7.47. The van der Waals surface area contributed by atoms with Crippen LogP contribution in [-0.2, 0) is 16.1 Å². The molecular formula is C15H21BrN2O2. The smallest absolute Gasteiger partial charge is 0.234 e. The topological polar surface area (TPSA) is 58.2 Å². The molecule has 0 saturated heterocycles. The fourth-order valence-electron chi connectivity index (χ4n) is 1.48. The Morgan fingerprint density at radius 1 is 1.15 bits per heavy atom. The Hall–Kier alpha value is -1.36. The summed E-state index contributed by atoms with van der Waals surface area (Å²) in [5.41, 5.74) is 1.77. The van der Waals surface area contributed by atoms with E-state index in [2.05, 4.69) is 26.6 Å². The van der Waals surface area contributed by atoms with Gasteiger partial charge in [-0.15, -0.1) is 0 Å². The summed E-state index contributed by atoms with van der Waals surface area (Å²) in [7, 11) is 0. The van der Waals surface area contributed by atoms with Crippen LogP contribution in [0.2, 0.25) is 0 Å². The molecule has 1 unspecified atom stereocenters. The fourth-order valence-corrected chi connectivity index (χ4v) is 1.64. The molecule has 1 aromatic rings. The average Bonchev–Trinajstić information content (AvgIpc) is 2.45. The quantitative estimate of drug-likeness (QED) is 0.782. The van der Waals surface area contributed by atoms with Crippen molar-refractivity contribution >= 4 is 33.4 Å². The van der Waals surface area contributed by atoms with Gasteiger partial charge in [0.1, 0.15) is 0 Å². The summed E-state index contributed by atoms with van der Waals surface area (Å²) in [6.07, 6.45) is 0.756. The molecule has 0 aliphatic rings. The Kier molecular flexibility index (Phi) is 6.71. The molecule has 0 aliphatic heterocycles. The molecule has 20 heavy (non-hydrogen) atoms. The molecule has 1 aromatic carbocycles. The highest BCUT2D eigenvalue weighted by atomic mass is 79.9. The van der Waals surface area contributed by atoms with Crippen LogP contribution in [0.3, 0.4) is 0 Å². The maximum Gasteiger partial charge on any atom is 0.234 e. The molecule has 2 amide bonds. The summed E-state index contributed by atoms with van der Waals surface area (Å²) in [6.45, 7) is 6.14. The van der Waals surface area contributed by atoms with Gasteiger partial charge in [-0.25, -0.2) is 0 Å². The SMILES string of the molecule is CCC(Br)C(=O)NCc1ccc(NC(=O)C(C)C)cc1. The van der Waals surface area contributed by atoms with Gasteiger partial charge < -0.3 is 10.6 Å². The number of benzene rings is 1. The summed E-state index contributed by atoms with van der Waals surface area (Å²) >= 11 is 3.31. The van der Waals surface area contributed by atoms with Gasteiger partial charge >= 0.3 is 0 Å². The molecule has 0 aromatic heterocycles. The molecule has 1 atom stereocenters. The number of hydrogen-bond donors (Lipinski definition) is 2. The van der Waals surface area contributed by atoms with Crippen LogP contribution >= 0.6 is 15.9 Å². The van der Waals surface area contributed by atoms with Crippen LogP contribution in [-0.4, -0.2) is 16.6 Å². The number of carbonyl (C=O) groups excluding carboxylic acids is 2. The maximum atomic E-state index is 11.6. The number of carbonyl (C=O) groups is 2. The van der Waals surface area contributed by atoms with Gasteiger partial charge in [0.05, 0.1) is 4.83 Å². The molecule has 0 fully saturated rings. The predicted molar refractivity (Wildman–Crippen MR) is 84.8 cm³/mol. The number of rotatable bonds is 6. The normalized spacial score (nSPS) is 12.1. The molecule has 1 rings (SSSR count). The Bertz CT molecular complexity index is 457. The first-order valence-electron chi connectivity index (χ1n) is 6.75. The lowest BCUT2D eigenvalue weighted by molar-refractivity contribution is -0.120. The number of anilines is 1. The molecule has 0 bridgehead atoms. The number of halogens is 1. The van der Waals surface area contributed by atoms with Gasteiger partial charge in [-0.1, -0.05) is 48.8 Å². The van der Waals surface area contributed by atoms with Crippen LogP contribution in [0.5, 0.6) is 0 Å². The zero-order chi connectivity index (χ0) is 15.1. The first-order chi connectivity index (χ1) is 9.43. The number of hydrogen-bond acceptors (Lipinski definition) is 2. The van der Waals surface area contributed by atoms with E-state index in [1.165, 1.54) is 0 Å².